The molecule has 1 N–H and O–H groups in total. The van der Waals surface area contributed by atoms with Crippen LogP contribution in [-0.2, 0) is 5.41 Å². The number of alkyl halides is 5. The summed E-state index contributed by atoms with van der Waals surface area (Å²) in [6, 6.07) is 8.59. The first kappa shape index (κ1) is 24.5. The predicted octanol–water partition coefficient (Wildman–Crippen LogP) is 6.16. The molecular weight excluding hydrogens is 504 g/mol. The molecule has 2 aromatic carbocycles. The van der Waals surface area contributed by atoms with Crippen molar-refractivity contribution in [2.45, 2.75) is 30.9 Å². The van der Waals surface area contributed by atoms with E-state index in [2.05, 4.69) is 10.1 Å². The summed E-state index contributed by atoms with van der Waals surface area (Å²) >= 11 is 0. The molecule has 2 aromatic heterocycles. The lowest BCUT2D eigenvalue weighted by Gasteiger charge is -2.23. The molecule has 4 aromatic rings. The van der Waals surface area contributed by atoms with Gasteiger partial charge >= 0.3 is 12.1 Å². The Hall–Kier alpha value is -4.22. The maximum absolute atomic E-state index is 14.8. The van der Waals surface area contributed by atoms with Crippen molar-refractivity contribution in [2.75, 3.05) is 0 Å². The van der Waals surface area contributed by atoms with E-state index >= 15 is 0 Å². The largest absolute Gasteiger partial charge is 0.478 e. The van der Waals surface area contributed by atoms with Gasteiger partial charge in [0.25, 0.3) is 12.3 Å². The van der Waals surface area contributed by atoms with E-state index in [0.717, 1.165) is 36.4 Å². The molecule has 37 heavy (non-hydrogen) atoms. The minimum atomic E-state index is -4.78. The molecule has 0 spiro atoms. The Morgan fingerprint density at radius 2 is 1.78 bits per heavy atom. The highest BCUT2D eigenvalue weighted by atomic mass is 19.4. The Labute approximate surface area is 204 Å². The summed E-state index contributed by atoms with van der Waals surface area (Å²) < 4.78 is 85.2. The van der Waals surface area contributed by atoms with Gasteiger partial charge in [-0.2, -0.15) is 23.0 Å². The number of nitrogens with zero attached hydrogens (tertiary/aromatic N) is 3. The van der Waals surface area contributed by atoms with Gasteiger partial charge < -0.3 is 5.11 Å². The molecule has 0 radical (unpaired) electrons. The van der Waals surface area contributed by atoms with Gasteiger partial charge in [-0.25, -0.2) is 18.0 Å². The van der Waals surface area contributed by atoms with Gasteiger partial charge in [0, 0.05) is 17.3 Å². The van der Waals surface area contributed by atoms with E-state index in [1.54, 1.807) is 0 Å². The van der Waals surface area contributed by atoms with Gasteiger partial charge in [0.15, 0.2) is 0 Å². The summed E-state index contributed by atoms with van der Waals surface area (Å²) in [5.74, 6) is -3.65. The highest BCUT2D eigenvalue weighted by Gasteiger charge is 2.65. The lowest BCUT2D eigenvalue weighted by Crippen LogP contribution is -2.32. The summed E-state index contributed by atoms with van der Waals surface area (Å²) in [6.45, 7) is 0. The molecule has 1 saturated carbocycles. The van der Waals surface area contributed by atoms with Crippen molar-refractivity contribution in [2.24, 2.45) is 0 Å². The number of aromatic nitrogens is 3. The first-order valence-corrected chi connectivity index (χ1v) is 10.9. The Bertz CT molecular complexity index is 1570. The number of carboxylic acids is 1. The summed E-state index contributed by atoms with van der Waals surface area (Å²) in [6.07, 6.45) is -7.47. The van der Waals surface area contributed by atoms with Crippen molar-refractivity contribution in [1.82, 2.24) is 14.8 Å². The molecule has 0 aliphatic heterocycles. The zero-order valence-corrected chi connectivity index (χ0v) is 18.6. The van der Waals surface area contributed by atoms with E-state index in [9.17, 15) is 35.9 Å². The van der Waals surface area contributed by atoms with Crippen LogP contribution in [0.1, 0.15) is 51.1 Å². The SMILES string of the molecule is O=C(O)c1ccc(-c2nn(C(=O)c3c(C(F)F)cccc3C3(C(F)(F)F)CC3)c3cccnc23)c(F)c1. The monoisotopic (exact) mass is 519 g/mol. The topological polar surface area (TPSA) is 85.1 Å². The zero-order chi connectivity index (χ0) is 26.7. The second-order valence-corrected chi connectivity index (χ2v) is 8.59. The van der Waals surface area contributed by atoms with Gasteiger partial charge in [-0.15, -0.1) is 0 Å². The molecular formula is C25H15F6N3O3. The van der Waals surface area contributed by atoms with Crippen LogP contribution in [-0.4, -0.2) is 37.9 Å². The van der Waals surface area contributed by atoms with Crippen LogP contribution in [0.15, 0.2) is 54.7 Å². The second-order valence-electron chi connectivity index (χ2n) is 8.59. The van der Waals surface area contributed by atoms with Gasteiger partial charge in [0.2, 0.25) is 0 Å². The Morgan fingerprint density at radius 3 is 2.38 bits per heavy atom. The molecule has 2 heterocycles. The number of pyridine rings is 1. The number of hydrogen-bond acceptors (Lipinski definition) is 4. The lowest BCUT2D eigenvalue weighted by atomic mass is 9.87. The second kappa shape index (κ2) is 8.43. The maximum Gasteiger partial charge on any atom is 0.398 e. The number of carbonyl (C=O) groups is 2. The summed E-state index contributed by atoms with van der Waals surface area (Å²) in [4.78, 5) is 28.9. The smallest absolute Gasteiger partial charge is 0.398 e. The number of hydrogen-bond donors (Lipinski definition) is 1. The van der Waals surface area contributed by atoms with Crippen LogP contribution >= 0.6 is 0 Å². The van der Waals surface area contributed by atoms with E-state index in [1.165, 1.54) is 18.3 Å². The fourth-order valence-corrected chi connectivity index (χ4v) is 4.45. The van der Waals surface area contributed by atoms with Crippen LogP contribution in [0.25, 0.3) is 22.3 Å². The van der Waals surface area contributed by atoms with Crippen molar-refractivity contribution in [3.8, 4) is 11.3 Å². The van der Waals surface area contributed by atoms with E-state index in [1.807, 2.05) is 0 Å². The molecule has 1 aliphatic rings. The maximum atomic E-state index is 14.8. The molecule has 0 unspecified atom stereocenters. The van der Waals surface area contributed by atoms with E-state index < -0.39 is 52.4 Å². The molecule has 1 aliphatic carbocycles. The Balaban J connectivity index is 1.74. The third-order valence-corrected chi connectivity index (χ3v) is 6.46. The molecule has 5 rings (SSSR count). The quantitative estimate of drug-likeness (QED) is 0.320. The first-order chi connectivity index (χ1) is 17.5. The third kappa shape index (κ3) is 3.83. The minimum absolute atomic E-state index is 0.0362. The number of carbonyl (C=O) groups excluding carboxylic acids is 1. The van der Waals surface area contributed by atoms with Crippen LogP contribution < -0.4 is 0 Å². The number of halogens is 6. The predicted molar refractivity (Wildman–Crippen MR) is 118 cm³/mol. The fraction of sp³-hybridized carbons (Fsp3) is 0.200. The summed E-state index contributed by atoms with van der Waals surface area (Å²) in [7, 11) is 0. The summed E-state index contributed by atoms with van der Waals surface area (Å²) in [5.41, 5.74) is -5.63. The van der Waals surface area contributed by atoms with Gasteiger partial charge in [-0.1, -0.05) is 18.2 Å². The van der Waals surface area contributed by atoms with Crippen molar-refractivity contribution in [1.29, 1.82) is 0 Å². The number of aromatic carboxylic acids is 1. The molecule has 12 heteroatoms. The third-order valence-electron chi connectivity index (χ3n) is 6.46. The molecule has 1 fully saturated rings. The normalized spacial score (nSPS) is 14.8. The van der Waals surface area contributed by atoms with Crippen molar-refractivity contribution in [3.63, 3.8) is 0 Å². The van der Waals surface area contributed by atoms with Crippen molar-refractivity contribution in [3.05, 3.63) is 82.8 Å². The van der Waals surface area contributed by atoms with Crippen LogP contribution in [0.2, 0.25) is 0 Å². The highest BCUT2D eigenvalue weighted by molar-refractivity contribution is 6.05. The van der Waals surface area contributed by atoms with Crippen LogP contribution in [0.3, 0.4) is 0 Å². The molecule has 0 atom stereocenters. The lowest BCUT2D eigenvalue weighted by molar-refractivity contribution is -0.160. The van der Waals surface area contributed by atoms with Crippen molar-refractivity contribution < 1.29 is 41.0 Å². The molecule has 0 bridgehead atoms. The highest BCUT2D eigenvalue weighted by Crippen LogP contribution is 2.60. The van der Waals surface area contributed by atoms with Gasteiger partial charge in [0.1, 0.15) is 17.0 Å². The van der Waals surface area contributed by atoms with Crippen molar-refractivity contribution >= 4 is 22.9 Å². The Morgan fingerprint density at radius 1 is 1.05 bits per heavy atom. The number of carboxylic acid groups (broad SMARTS) is 1. The van der Waals surface area contributed by atoms with Crippen LogP contribution in [0, 0.1) is 5.82 Å². The van der Waals surface area contributed by atoms with E-state index in [0.29, 0.717) is 4.68 Å². The molecule has 190 valence electrons. The molecule has 0 amide bonds. The van der Waals surface area contributed by atoms with Gasteiger partial charge in [-0.3, -0.25) is 9.78 Å². The number of rotatable bonds is 5. The minimum Gasteiger partial charge on any atom is -0.478 e. The standard InChI is InChI=1S/C25H15F6N3O3/c26-16-11-12(23(36)37)6-7-13(16)19-20-17(5-2-10-32-20)34(33-19)22(35)18-14(21(27)28)3-1-4-15(18)24(8-9-24)25(29,30)31/h1-7,10-11,21H,8-9H2,(H,36,37). The fourth-order valence-electron chi connectivity index (χ4n) is 4.45. The van der Waals surface area contributed by atoms with Crippen LogP contribution in [0.5, 0.6) is 0 Å². The number of benzene rings is 2. The van der Waals surface area contributed by atoms with E-state index in [4.69, 9.17) is 5.11 Å². The average molecular weight is 519 g/mol. The number of fused-ring (bicyclic) bond motifs is 1. The summed E-state index contributed by atoms with van der Waals surface area (Å²) in [5, 5.41) is 13.2. The first-order valence-electron chi connectivity index (χ1n) is 10.9. The molecule has 6 nitrogen and oxygen atoms in total. The van der Waals surface area contributed by atoms with E-state index in [-0.39, 0.29) is 40.7 Å². The van der Waals surface area contributed by atoms with Crippen LogP contribution in [0.4, 0.5) is 26.3 Å². The molecule has 0 saturated heterocycles. The van der Waals surface area contributed by atoms with Gasteiger partial charge in [0.05, 0.1) is 22.1 Å². The van der Waals surface area contributed by atoms with Gasteiger partial charge in [-0.05, 0) is 48.7 Å². The zero-order valence-electron chi connectivity index (χ0n) is 18.6. The average Bonchev–Trinajstić information content (AvgIpc) is 3.59. The Kier molecular flexibility index (Phi) is 5.57.